The van der Waals surface area contributed by atoms with Crippen molar-refractivity contribution in [2.45, 2.75) is 39.3 Å². The standard InChI is InChI=1S/C12H22N2S/c1-10(2)14-9-11(3)13-7-6-12-5-4-8-15-12/h4-5,8,10-11,13-14H,6-7,9H2,1-3H3. The Hall–Kier alpha value is -0.380. The highest BCUT2D eigenvalue weighted by Gasteiger charge is 2.01. The van der Waals surface area contributed by atoms with E-state index in [1.165, 1.54) is 4.88 Å². The van der Waals surface area contributed by atoms with Crippen molar-refractivity contribution < 1.29 is 0 Å². The first-order valence-electron chi connectivity index (χ1n) is 5.67. The van der Waals surface area contributed by atoms with Crippen LogP contribution in [0.2, 0.25) is 0 Å². The average Bonchev–Trinajstić information content (AvgIpc) is 2.67. The monoisotopic (exact) mass is 226 g/mol. The number of thiophene rings is 1. The fourth-order valence-electron chi connectivity index (χ4n) is 1.38. The highest BCUT2D eigenvalue weighted by Crippen LogP contribution is 2.08. The normalized spacial score (nSPS) is 13.3. The summed E-state index contributed by atoms with van der Waals surface area (Å²) in [6.07, 6.45) is 1.14. The van der Waals surface area contributed by atoms with Crippen molar-refractivity contribution in [1.29, 1.82) is 0 Å². The van der Waals surface area contributed by atoms with Crippen LogP contribution in [0.3, 0.4) is 0 Å². The van der Waals surface area contributed by atoms with E-state index < -0.39 is 0 Å². The predicted octanol–water partition coefficient (Wildman–Crippen LogP) is 2.27. The maximum Gasteiger partial charge on any atom is 0.0164 e. The second-order valence-electron chi connectivity index (χ2n) is 4.25. The van der Waals surface area contributed by atoms with Gasteiger partial charge in [-0.1, -0.05) is 19.9 Å². The van der Waals surface area contributed by atoms with Gasteiger partial charge < -0.3 is 10.6 Å². The molecule has 1 heterocycles. The molecule has 86 valence electrons. The Morgan fingerprint density at radius 1 is 1.27 bits per heavy atom. The summed E-state index contributed by atoms with van der Waals surface area (Å²) >= 11 is 1.84. The van der Waals surface area contributed by atoms with Gasteiger partial charge in [0, 0.05) is 30.1 Å². The molecule has 0 aromatic carbocycles. The van der Waals surface area contributed by atoms with Crippen molar-refractivity contribution in [3.63, 3.8) is 0 Å². The lowest BCUT2D eigenvalue weighted by molar-refractivity contribution is 0.477. The Bertz CT molecular complexity index is 244. The molecule has 0 amide bonds. The molecular formula is C12H22N2S. The van der Waals surface area contributed by atoms with Gasteiger partial charge in [0.2, 0.25) is 0 Å². The van der Waals surface area contributed by atoms with Gasteiger partial charge in [-0.25, -0.2) is 0 Å². The lowest BCUT2D eigenvalue weighted by Crippen LogP contribution is -2.39. The van der Waals surface area contributed by atoms with Gasteiger partial charge in [-0.15, -0.1) is 11.3 Å². The van der Waals surface area contributed by atoms with E-state index in [1.807, 2.05) is 11.3 Å². The van der Waals surface area contributed by atoms with E-state index in [0.717, 1.165) is 19.5 Å². The van der Waals surface area contributed by atoms with Gasteiger partial charge in [0.15, 0.2) is 0 Å². The Labute approximate surface area is 97.1 Å². The van der Waals surface area contributed by atoms with Crippen LogP contribution in [-0.4, -0.2) is 25.2 Å². The van der Waals surface area contributed by atoms with Crippen LogP contribution in [0.25, 0.3) is 0 Å². The Morgan fingerprint density at radius 2 is 2.07 bits per heavy atom. The molecule has 15 heavy (non-hydrogen) atoms. The summed E-state index contributed by atoms with van der Waals surface area (Å²) in [5.74, 6) is 0. The first-order valence-corrected chi connectivity index (χ1v) is 6.55. The second-order valence-corrected chi connectivity index (χ2v) is 5.28. The molecule has 0 bridgehead atoms. The number of rotatable bonds is 7. The fraction of sp³-hybridized carbons (Fsp3) is 0.667. The third-order valence-corrected chi connectivity index (χ3v) is 3.21. The molecule has 3 heteroatoms. The lowest BCUT2D eigenvalue weighted by atomic mass is 10.2. The molecule has 0 radical (unpaired) electrons. The summed E-state index contributed by atoms with van der Waals surface area (Å²) in [5, 5.41) is 9.09. The van der Waals surface area contributed by atoms with E-state index in [1.54, 1.807) is 0 Å². The molecule has 0 saturated carbocycles. The Kier molecular flexibility index (Phi) is 5.91. The molecule has 0 fully saturated rings. The largest absolute Gasteiger partial charge is 0.313 e. The molecule has 0 aliphatic rings. The van der Waals surface area contributed by atoms with Crippen LogP contribution >= 0.6 is 11.3 Å². The molecule has 1 rings (SSSR count). The summed E-state index contributed by atoms with van der Waals surface area (Å²) < 4.78 is 0. The number of hydrogen-bond acceptors (Lipinski definition) is 3. The summed E-state index contributed by atoms with van der Waals surface area (Å²) in [4.78, 5) is 1.46. The second kappa shape index (κ2) is 6.99. The van der Waals surface area contributed by atoms with Crippen LogP contribution in [0.15, 0.2) is 17.5 Å². The highest BCUT2D eigenvalue weighted by molar-refractivity contribution is 7.09. The smallest absolute Gasteiger partial charge is 0.0164 e. The zero-order chi connectivity index (χ0) is 11.1. The molecule has 1 aromatic rings. The molecular weight excluding hydrogens is 204 g/mol. The highest BCUT2D eigenvalue weighted by atomic mass is 32.1. The van der Waals surface area contributed by atoms with Gasteiger partial charge in [-0.05, 0) is 24.8 Å². The van der Waals surface area contributed by atoms with E-state index in [9.17, 15) is 0 Å². The summed E-state index contributed by atoms with van der Waals surface area (Å²) in [7, 11) is 0. The molecule has 0 aliphatic carbocycles. The van der Waals surface area contributed by atoms with Crippen molar-refractivity contribution >= 4 is 11.3 Å². The van der Waals surface area contributed by atoms with Crippen LogP contribution in [-0.2, 0) is 6.42 Å². The van der Waals surface area contributed by atoms with Crippen LogP contribution in [0, 0.1) is 0 Å². The van der Waals surface area contributed by atoms with Gasteiger partial charge in [-0.2, -0.15) is 0 Å². The van der Waals surface area contributed by atoms with Gasteiger partial charge in [0.1, 0.15) is 0 Å². The van der Waals surface area contributed by atoms with E-state index in [0.29, 0.717) is 12.1 Å². The SMILES string of the molecule is CC(C)NCC(C)NCCc1cccs1. The van der Waals surface area contributed by atoms with Gasteiger partial charge in [0.25, 0.3) is 0 Å². The van der Waals surface area contributed by atoms with Crippen LogP contribution in [0.1, 0.15) is 25.6 Å². The minimum Gasteiger partial charge on any atom is -0.313 e. The van der Waals surface area contributed by atoms with Gasteiger partial charge >= 0.3 is 0 Å². The van der Waals surface area contributed by atoms with Crippen molar-refractivity contribution in [3.8, 4) is 0 Å². The van der Waals surface area contributed by atoms with E-state index in [4.69, 9.17) is 0 Å². The van der Waals surface area contributed by atoms with Gasteiger partial charge in [-0.3, -0.25) is 0 Å². The summed E-state index contributed by atoms with van der Waals surface area (Å²) in [6, 6.07) is 5.44. The van der Waals surface area contributed by atoms with Crippen molar-refractivity contribution in [3.05, 3.63) is 22.4 Å². The van der Waals surface area contributed by atoms with E-state index in [-0.39, 0.29) is 0 Å². The first kappa shape index (κ1) is 12.7. The third kappa shape index (κ3) is 5.92. The quantitative estimate of drug-likeness (QED) is 0.745. The Morgan fingerprint density at radius 3 is 2.67 bits per heavy atom. The molecule has 2 N–H and O–H groups in total. The van der Waals surface area contributed by atoms with Crippen LogP contribution < -0.4 is 10.6 Å². The minimum absolute atomic E-state index is 0.548. The zero-order valence-electron chi connectivity index (χ0n) is 9.92. The molecule has 1 unspecified atom stereocenters. The van der Waals surface area contributed by atoms with Crippen molar-refractivity contribution in [1.82, 2.24) is 10.6 Å². The average molecular weight is 226 g/mol. The lowest BCUT2D eigenvalue weighted by Gasteiger charge is -2.16. The predicted molar refractivity (Wildman–Crippen MR) is 68.6 cm³/mol. The van der Waals surface area contributed by atoms with Crippen LogP contribution in [0.5, 0.6) is 0 Å². The third-order valence-electron chi connectivity index (χ3n) is 2.28. The number of nitrogens with one attached hydrogen (secondary N) is 2. The minimum atomic E-state index is 0.548. The van der Waals surface area contributed by atoms with E-state index in [2.05, 4.69) is 48.9 Å². The molecule has 0 spiro atoms. The molecule has 0 aliphatic heterocycles. The van der Waals surface area contributed by atoms with Crippen molar-refractivity contribution in [2.24, 2.45) is 0 Å². The molecule has 0 saturated heterocycles. The molecule has 2 nitrogen and oxygen atoms in total. The number of hydrogen-bond donors (Lipinski definition) is 2. The maximum absolute atomic E-state index is 3.52. The first-order chi connectivity index (χ1) is 7.18. The maximum atomic E-state index is 3.52. The summed E-state index contributed by atoms with van der Waals surface area (Å²) in [6.45, 7) is 8.70. The topological polar surface area (TPSA) is 24.1 Å². The summed E-state index contributed by atoms with van der Waals surface area (Å²) in [5.41, 5.74) is 0. The Balaban J connectivity index is 2.04. The molecule has 1 atom stereocenters. The molecule has 1 aromatic heterocycles. The van der Waals surface area contributed by atoms with Crippen LogP contribution in [0.4, 0.5) is 0 Å². The zero-order valence-corrected chi connectivity index (χ0v) is 10.7. The fourth-order valence-corrected chi connectivity index (χ4v) is 2.09. The van der Waals surface area contributed by atoms with Crippen molar-refractivity contribution in [2.75, 3.05) is 13.1 Å². The van der Waals surface area contributed by atoms with E-state index >= 15 is 0 Å². The van der Waals surface area contributed by atoms with Gasteiger partial charge in [0.05, 0.1) is 0 Å².